The first-order valence-corrected chi connectivity index (χ1v) is 11.3. The van der Waals surface area contributed by atoms with E-state index in [9.17, 15) is 0 Å². The van der Waals surface area contributed by atoms with E-state index in [4.69, 9.17) is 4.98 Å². The van der Waals surface area contributed by atoms with E-state index in [0.29, 0.717) is 0 Å². The summed E-state index contributed by atoms with van der Waals surface area (Å²) in [5.74, 6) is 0.901. The minimum atomic E-state index is 0.886. The van der Waals surface area contributed by atoms with Gasteiger partial charge in [0.15, 0.2) is 0 Å². The third-order valence-electron chi connectivity index (χ3n) is 5.40. The standard InChI is InChI=1S/C26H17N3S2/c30-22-8-5-6-17-11-13-19(28-26(17)22)18-12-14-24-21(16-18)29(25-10-3-4-15-27-25)20-7-1-2-9-23(20)31-24/h1-16,30H. The minimum absolute atomic E-state index is 0.886. The summed E-state index contributed by atoms with van der Waals surface area (Å²) < 4.78 is 0. The molecule has 0 saturated carbocycles. The summed E-state index contributed by atoms with van der Waals surface area (Å²) in [6, 6.07) is 31.2. The molecule has 3 nitrogen and oxygen atoms in total. The van der Waals surface area contributed by atoms with Crippen molar-refractivity contribution >= 4 is 52.5 Å². The molecule has 1 aliphatic heterocycles. The zero-order valence-corrected chi connectivity index (χ0v) is 18.1. The Morgan fingerprint density at radius 2 is 1.61 bits per heavy atom. The maximum absolute atomic E-state index is 4.92. The van der Waals surface area contributed by atoms with Crippen molar-refractivity contribution in [3.05, 3.63) is 97.2 Å². The van der Waals surface area contributed by atoms with Gasteiger partial charge in [0, 0.05) is 31.8 Å². The van der Waals surface area contributed by atoms with Gasteiger partial charge in [0.2, 0.25) is 0 Å². The van der Waals surface area contributed by atoms with Crippen LogP contribution in [0.4, 0.5) is 17.2 Å². The number of hydrogen-bond acceptors (Lipinski definition) is 5. The highest BCUT2D eigenvalue weighted by Gasteiger charge is 2.25. The monoisotopic (exact) mass is 435 g/mol. The molecule has 31 heavy (non-hydrogen) atoms. The molecule has 3 heterocycles. The van der Waals surface area contributed by atoms with Crippen LogP contribution in [-0.4, -0.2) is 9.97 Å². The lowest BCUT2D eigenvalue weighted by Crippen LogP contribution is -2.16. The van der Waals surface area contributed by atoms with Crippen LogP contribution in [0.1, 0.15) is 0 Å². The molecule has 0 unspecified atom stereocenters. The molecule has 148 valence electrons. The van der Waals surface area contributed by atoms with Crippen LogP contribution in [0.15, 0.2) is 112 Å². The lowest BCUT2D eigenvalue weighted by atomic mass is 10.1. The molecule has 0 radical (unpaired) electrons. The third kappa shape index (κ3) is 3.17. The molecule has 3 aromatic carbocycles. The normalized spacial score (nSPS) is 12.5. The molecule has 0 atom stereocenters. The van der Waals surface area contributed by atoms with Crippen LogP contribution in [0, 0.1) is 0 Å². The number of rotatable bonds is 2. The lowest BCUT2D eigenvalue weighted by molar-refractivity contribution is 1.11. The van der Waals surface area contributed by atoms with Crippen molar-refractivity contribution in [3.63, 3.8) is 0 Å². The second-order valence-electron chi connectivity index (χ2n) is 7.32. The van der Waals surface area contributed by atoms with Gasteiger partial charge < -0.3 is 0 Å². The molecule has 5 aromatic rings. The van der Waals surface area contributed by atoms with Crippen molar-refractivity contribution in [1.82, 2.24) is 9.97 Å². The molecule has 0 spiro atoms. The van der Waals surface area contributed by atoms with Gasteiger partial charge in [0.05, 0.1) is 22.6 Å². The Balaban J connectivity index is 1.54. The molecule has 2 aromatic heterocycles. The first kappa shape index (κ1) is 18.5. The number of benzene rings is 3. The fourth-order valence-corrected chi connectivity index (χ4v) is 5.24. The maximum atomic E-state index is 4.92. The topological polar surface area (TPSA) is 29.0 Å². The number of thiol groups is 1. The highest BCUT2D eigenvalue weighted by Crippen LogP contribution is 2.51. The number of pyridine rings is 2. The summed E-state index contributed by atoms with van der Waals surface area (Å²) in [6.07, 6.45) is 1.84. The summed E-state index contributed by atoms with van der Waals surface area (Å²) in [5.41, 5.74) is 5.17. The second kappa shape index (κ2) is 7.45. The van der Waals surface area contributed by atoms with E-state index in [1.807, 2.05) is 36.5 Å². The fourth-order valence-electron chi connectivity index (χ4n) is 3.94. The zero-order chi connectivity index (χ0) is 20.8. The Labute approximate surface area is 190 Å². The molecule has 0 saturated heterocycles. The summed E-state index contributed by atoms with van der Waals surface area (Å²) >= 11 is 6.39. The number of nitrogens with zero attached hydrogens (tertiary/aromatic N) is 3. The quantitative estimate of drug-likeness (QED) is 0.285. The summed E-state index contributed by atoms with van der Waals surface area (Å²) in [6.45, 7) is 0. The van der Waals surface area contributed by atoms with Gasteiger partial charge in [-0.15, -0.1) is 12.6 Å². The van der Waals surface area contributed by atoms with Gasteiger partial charge in [0.25, 0.3) is 0 Å². The Morgan fingerprint density at radius 3 is 2.52 bits per heavy atom. The second-order valence-corrected chi connectivity index (χ2v) is 8.89. The molecule has 0 N–H and O–H groups in total. The highest BCUT2D eigenvalue weighted by atomic mass is 32.2. The van der Waals surface area contributed by atoms with Crippen molar-refractivity contribution in [3.8, 4) is 11.3 Å². The maximum Gasteiger partial charge on any atom is 0.137 e. The van der Waals surface area contributed by atoms with Gasteiger partial charge in [0.1, 0.15) is 5.82 Å². The lowest BCUT2D eigenvalue weighted by Gasteiger charge is -2.32. The first-order valence-electron chi connectivity index (χ1n) is 9.99. The minimum Gasteiger partial charge on any atom is -0.293 e. The van der Waals surface area contributed by atoms with Crippen LogP contribution in [-0.2, 0) is 0 Å². The van der Waals surface area contributed by atoms with Crippen LogP contribution in [0.5, 0.6) is 0 Å². The molecule has 1 aliphatic rings. The van der Waals surface area contributed by atoms with E-state index < -0.39 is 0 Å². The number of anilines is 3. The van der Waals surface area contributed by atoms with Crippen molar-refractivity contribution in [2.45, 2.75) is 14.7 Å². The van der Waals surface area contributed by atoms with Crippen LogP contribution < -0.4 is 4.90 Å². The first-order chi connectivity index (χ1) is 15.3. The zero-order valence-electron chi connectivity index (χ0n) is 16.4. The van der Waals surface area contributed by atoms with E-state index in [-0.39, 0.29) is 0 Å². The molecular formula is C26H17N3S2. The number of para-hydroxylation sites is 2. The Kier molecular flexibility index (Phi) is 4.44. The molecule has 0 aliphatic carbocycles. The molecule has 6 rings (SSSR count). The van der Waals surface area contributed by atoms with Gasteiger partial charge in [-0.3, -0.25) is 4.90 Å². The third-order valence-corrected chi connectivity index (χ3v) is 6.89. The largest absolute Gasteiger partial charge is 0.293 e. The molecule has 5 heteroatoms. The summed E-state index contributed by atoms with van der Waals surface area (Å²) in [4.78, 5) is 15.1. The molecule has 0 fully saturated rings. The predicted molar refractivity (Wildman–Crippen MR) is 131 cm³/mol. The van der Waals surface area contributed by atoms with E-state index >= 15 is 0 Å². The molecule has 0 bridgehead atoms. The van der Waals surface area contributed by atoms with Crippen LogP contribution >= 0.6 is 24.4 Å². The van der Waals surface area contributed by atoms with Gasteiger partial charge in [-0.2, -0.15) is 0 Å². The van der Waals surface area contributed by atoms with Crippen molar-refractivity contribution < 1.29 is 0 Å². The number of aromatic nitrogens is 2. The Morgan fingerprint density at radius 1 is 0.742 bits per heavy atom. The van der Waals surface area contributed by atoms with E-state index in [1.54, 1.807) is 11.8 Å². The van der Waals surface area contributed by atoms with E-state index in [2.05, 4.69) is 83.2 Å². The average Bonchev–Trinajstić information content (AvgIpc) is 2.83. The van der Waals surface area contributed by atoms with E-state index in [1.165, 1.54) is 9.79 Å². The van der Waals surface area contributed by atoms with Crippen LogP contribution in [0.2, 0.25) is 0 Å². The highest BCUT2D eigenvalue weighted by molar-refractivity contribution is 7.99. The van der Waals surface area contributed by atoms with Gasteiger partial charge >= 0.3 is 0 Å². The summed E-state index contributed by atoms with van der Waals surface area (Å²) in [5, 5.41) is 1.09. The fraction of sp³-hybridized carbons (Fsp3) is 0. The number of hydrogen-bond donors (Lipinski definition) is 1. The molecule has 0 amide bonds. The smallest absolute Gasteiger partial charge is 0.137 e. The van der Waals surface area contributed by atoms with E-state index in [0.717, 1.165) is 44.2 Å². The Bertz CT molecular complexity index is 1430. The summed E-state index contributed by atoms with van der Waals surface area (Å²) in [7, 11) is 0. The van der Waals surface area contributed by atoms with Crippen molar-refractivity contribution in [2.24, 2.45) is 0 Å². The van der Waals surface area contributed by atoms with Crippen LogP contribution in [0.25, 0.3) is 22.2 Å². The molecular weight excluding hydrogens is 418 g/mol. The van der Waals surface area contributed by atoms with Crippen LogP contribution in [0.3, 0.4) is 0 Å². The van der Waals surface area contributed by atoms with Gasteiger partial charge in [-0.05, 0) is 48.5 Å². The van der Waals surface area contributed by atoms with Crippen molar-refractivity contribution in [1.29, 1.82) is 0 Å². The van der Waals surface area contributed by atoms with Crippen molar-refractivity contribution in [2.75, 3.05) is 4.90 Å². The number of fused-ring (bicyclic) bond motifs is 3. The predicted octanol–water partition coefficient (Wildman–Crippen LogP) is 7.52. The average molecular weight is 436 g/mol. The SMILES string of the molecule is Sc1cccc2ccc(-c3ccc4c(c3)N(c3ccccn3)c3ccccc3S4)nc12. The van der Waals surface area contributed by atoms with Gasteiger partial charge in [-0.1, -0.05) is 54.2 Å². The van der Waals surface area contributed by atoms with Gasteiger partial charge in [-0.25, -0.2) is 9.97 Å². The Hall–Kier alpha value is -3.28.